The van der Waals surface area contributed by atoms with Gasteiger partial charge in [0.25, 0.3) is 0 Å². The average molecular weight is 354 g/mol. The van der Waals surface area contributed by atoms with Crippen molar-refractivity contribution in [3.05, 3.63) is 89.0 Å². The second-order valence-electron chi connectivity index (χ2n) is 6.09. The number of hydrogen-bond acceptors (Lipinski definition) is 2. The Bertz CT molecular complexity index is 790. The van der Waals surface area contributed by atoms with Crippen molar-refractivity contribution in [1.29, 1.82) is 0 Å². The zero-order chi connectivity index (χ0) is 16.9. The number of hydrogen-bond donors (Lipinski definition) is 1. The first-order chi connectivity index (χ1) is 11.7. The number of rotatable bonds is 5. The van der Waals surface area contributed by atoms with Crippen LogP contribution in [0.3, 0.4) is 0 Å². The van der Waals surface area contributed by atoms with Crippen molar-refractivity contribution in [3.8, 4) is 16.9 Å². The van der Waals surface area contributed by atoms with Gasteiger partial charge in [-0.25, -0.2) is 0 Å². The molecule has 0 spiro atoms. The van der Waals surface area contributed by atoms with Gasteiger partial charge in [-0.15, -0.1) is 12.4 Å². The van der Waals surface area contributed by atoms with E-state index in [9.17, 15) is 0 Å². The first kappa shape index (κ1) is 19.0. The molecule has 0 saturated heterocycles. The van der Waals surface area contributed by atoms with Gasteiger partial charge < -0.3 is 10.5 Å². The zero-order valence-corrected chi connectivity index (χ0v) is 15.5. The highest BCUT2D eigenvalue weighted by Crippen LogP contribution is 2.27. The van der Waals surface area contributed by atoms with Crippen LogP contribution in [0.1, 0.15) is 22.3 Å². The van der Waals surface area contributed by atoms with Crippen LogP contribution in [0.15, 0.2) is 66.7 Å². The molecule has 0 amide bonds. The van der Waals surface area contributed by atoms with Crippen molar-refractivity contribution in [2.45, 2.75) is 27.0 Å². The first-order valence-electron chi connectivity index (χ1n) is 8.24. The summed E-state index contributed by atoms with van der Waals surface area (Å²) in [7, 11) is 0. The Morgan fingerprint density at radius 1 is 0.800 bits per heavy atom. The lowest BCUT2D eigenvalue weighted by Gasteiger charge is -2.12. The maximum atomic E-state index is 5.85. The summed E-state index contributed by atoms with van der Waals surface area (Å²) in [4.78, 5) is 0. The van der Waals surface area contributed by atoms with E-state index in [1.165, 1.54) is 33.4 Å². The highest BCUT2D eigenvalue weighted by atomic mass is 35.5. The maximum Gasteiger partial charge on any atom is 0.119 e. The van der Waals surface area contributed by atoms with Crippen molar-refractivity contribution in [2.24, 2.45) is 5.73 Å². The highest BCUT2D eigenvalue weighted by Gasteiger charge is 2.06. The van der Waals surface area contributed by atoms with Crippen molar-refractivity contribution < 1.29 is 4.74 Å². The Morgan fingerprint density at radius 2 is 1.40 bits per heavy atom. The van der Waals surface area contributed by atoms with E-state index in [0.717, 1.165) is 5.75 Å². The standard InChI is InChI=1S/C22H23NO.ClH/c1-16-12-20(13-17(2)22(16)14-23)19-8-10-21(11-9-19)24-15-18-6-4-3-5-7-18;/h3-13H,14-15,23H2,1-2H3;1H. The van der Waals surface area contributed by atoms with E-state index >= 15 is 0 Å². The van der Waals surface area contributed by atoms with Crippen LogP contribution in [-0.2, 0) is 13.2 Å². The molecule has 3 aromatic rings. The molecule has 130 valence electrons. The van der Waals surface area contributed by atoms with Crippen molar-refractivity contribution in [1.82, 2.24) is 0 Å². The molecule has 0 radical (unpaired) electrons. The molecule has 0 atom stereocenters. The molecule has 0 aromatic heterocycles. The smallest absolute Gasteiger partial charge is 0.119 e. The van der Waals surface area contributed by atoms with Gasteiger partial charge in [-0.3, -0.25) is 0 Å². The molecular weight excluding hydrogens is 330 g/mol. The molecule has 3 aromatic carbocycles. The van der Waals surface area contributed by atoms with Gasteiger partial charge in [0.15, 0.2) is 0 Å². The monoisotopic (exact) mass is 353 g/mol. The van der Waals surface area contributed by atoms with Gasteiger partial charge in [0, 0.05) is 6.54 Å². The lowest BCUT2D eigenvalue weighted by Crippen LogP contribution is -2.02. The van der Waals surface area contributed by atoms with Crippen LogP contribution in [0.25, 0.3) is 11.1 Å². The SMILES string of the molecule is Cc1cc(-c2ccc(OCc3ccccc3)cc2)cc(C)c1CN.Cl. The van der Waals surface area contributed by atoms with E-state index in [-0.39, 0.29) is 12.4 Å². The van der Waals surface area contributed by atoms with Crippen LogP contribution in [-0.4, -0.2) is 0 Å². The molecule has 3 heteroatoms. The molecule has 2 nitrogen and oxygen atoms in total. The molecule has 0 bridgehead atoms. The predicted molar refractivity (Wildman–Crippen MR) is 107 cm³/mol. The van der Waals surface area contributed by atoms with Crippen molar-refractivity contribution in [2.75, 3.05) is 0 Å². The van der Waals surface area contributed by atoms with E-state index in [0.29, 0.717) is 13.2 Å². The van der Waals surface area contributed by atoms with Crippen LogP contribution in [0, 0.1) is 13.8 Å². The molecule has 0 heterocycles. The summed E-state index contributed by atoms with van der Waals surface area (Å²) in [5.41, 5.74) is 13.1. The van der Waals surface area contributed by atoms with Crippen molar-refractivity contribution >= 4 is 12.4 Å². The van der Waals surface area contributed by atoms with Crippen LogP contribution >= 0.6 is 12.4 Å². The lowest BCUT2D eigenvalue weighted by molar-refractivity contribution is 0.306. The van der Waals surface area contributed by atoms with Gasteiger partial charge in [0.05, 0.1) is 0 Å². The molecule has 0 saturated carbocycles. The second-order valence-corrected chi connectivity index (χ2v) is 6.09. The Morgan fingerprint density at radius 3 is 1.96 bits per heavy atom. The van der Waals surface area contributed by atoms with Crippen LogP contribution in [0.2, 0.25) is 0 Å². The molecule has 0 aliphatic heterocycles. The topological polar surface area (TPSA) is 35.2 Å². The van der Waals surface area contributed by atoms with Crippen molar-refractivity contribution in [3.63, 3.8) is 0 Å². The van der Waals surface area contributed by atoms with Gasteiger partial charge in [-0.1, -0.05) is 54.6 Å². The van der Waals surface area contributed by atoms with E-state index in [4.69, 9.17) is 10.5 Å². The third-order valence-electron chi connectivity index (χ3n) is 4.34. The van der Waals surface area contributed by atoms with Gasteiger partial charge >= 0.3 is 0 Å². The molecule has 25 heavy (non-hydrogen) atoms. The van der Waals surface area contributed by atoms with Gasteiger partial charge in [-0.05, 0) is 59.4 Å². The molecule has 3 rings (SSSR count). The van der Waals surface area contributed by atoms with Gasteiger partial charge in [0.2, 0.25) is 0 Å². The van der Waals surface area contributed by atoms with Gasteiger partial charge in [-0.2, -0.15) is 0 Å². The summed E-state index contributed by atoms with van der Waals surface area (Å²) in [6, 6.07) is 22.9. The molecule has 2 N–H and O–H groups in total. The van der Waals surface area contributed by atoms with Gasteiger partial charge in [0.1, 0.15) is 12.4 Å². The van der Waals surface area contributed by atoms with E-state index < -0.39 is 0 Å². The van der Waals surface area contributed by atoms with Crippen LogP contribution < -0.4 is 10.5 Å². The van der Waals surface area contributed by atoms with E-state index in [1.807, 2.05) is 30.3 Å². The maximum absolute atomic E-state index is 5.85. The number of halogens is 1. The van der Waals surface area contributed by atoms with E-state index in [2.05, 4.69) is 50.2 Å². The third kappa shape index (κ3) is 4.62. The Hall–Kier alpha value is -2.29. The fourth-order valence-corrected chi connectivity index (χ4v) is 2.97. The minimum absolute atomic E-state index is 0. The van der Waals surface area contributed by atoms with Crippen LogP contribution in [0.5, 0.6) is 5.75 Å². The minimum Gasteiger partial charge on any atom is -0.489 e. The first-order valence-corrected chi connectivity index (χ1v) is 8.24. The summed E-state index contributed by atoms with van der Waals surface area (Å²) in [6.07, 6.45) is 0. The Kier molecular flexibility index (Phi) is 6.63. The number of aryl methyl sites for hydroxylation is 2. The lowest BCUT2D eigenvalue weighted by atomic mass is 9.95. The summed E-state index contributed by atoms with van der Waals surface area (Å²) in [5.74, 6) is 0.884. The molecule has 0 fully saturated rings. The normalized spacial score (nSPS) is 10.2. The Balaban J connectivity index is 0.00000225. The molecular formula is C22H24ClNO. The summed E-state index contributed by atoms with van der Waals surface area (Å²) >= 11 is 0. The summed E-state index contributed by atoms with van der Waals surface area (Å²) in [5, 5.41) is 0. The minimum atomic E-state index is 0. The van der Waals surface area contributed by atoms with Crippen LogP contribution in [0.4, 0.5) is 0 Å². The zero-order valence-electron chi connectivity index (χ0n) is 14.7. The highest BCUT2D eigenvalue weighted by molar-refractivity contribution is 5.85. The fraction of sp³-hybridized carbons (Fsp3) is 0.182. The number of nitrogens with two attached hydrogens (primary N) is 1. The predicted octanol–water partition coefficient (Wildman–Crippen LogP) is 5.43. The summed E-state index contributed by atoms with van der Waals surface area (Å²) in [6.45, 7) is 5.42. The molecule has 0 aliphatic rings. The third-order valence-corrected chi connectivity index (χ3v) is 4.34. The fourth-order valence-electron chi connectivity index (χ4n) is 2.97. The Labute approximate surface area is 156 Å². The number of ether oxygens (including phenoxy) is 1. The average Bonchev–Trinajstić information content (AvgIpc) is 2.61. The van der Waals surface area contributed by atoms with E-state index in [1.54, 1.807) is 0 Å². The summed E-state index contributed by atoms with van der Waals surface area (Å²) < 4.78 is 5.85. The number of benzene rings is 3. The quantitative estimate of drug-likeness (QED) is 0.663. The second kappa shape index (κ2) is 8.70. The molecule has 0 aliphatic carbocycles. The largest absolute Gasteiger partial charge is 0.489 e. The molecule has 0 unspecified atom stereocenters.